The van der Waals surface area contributed by atoms with Crippen LogP contribution in [0, 0.1) is 0 Å². The second kappa shape index (κ2) is 11.3. The Balaban J connectivity index is 1.17. The monoisotopic (exact) mass is 603 g/mol. The molecule has 0 amide bonds. The van der Waals surface area contributed by atoms with Gasteiger partial charge in [0.1, 0.15) is 23.2 Å². The molecule has 1 N–H and O–H groups in total. The summed E-state index contributed by atoms with van der Waals surface area (Å²) in [5.41, 5.74) is 9.25. The molecule has 0 saturated carbocycles. The van der Waals surface area contributed by atoms with Crippen molar-refractivity contribution in [3.63, 3.8) is 0 Å². The molecular weight excluding hydrogens is 574 g/mol. The number of hydrogen-bond donors (Lipinski definition) is 1. The predicted octanol–water partition coefficient (Wildman–Crippen LogP) is 10.6. The van der Waals surface area contributed by atoms with Crippen LogP contribution >= 0.6 is 0 Å². The molecule has 4 nitrogen and oxygen atoms in total. The van der Waals surface area contributed by atoms with Crippen molar-refractivity contribution in [2.45, 2.75) is 6.17 Å². The van der Waals surface area contributed by atoms with Crippen molar-refractivity contribution in [2.75, 3.05) is 0 Å². The van der Waals surface area contributed by atoms with Gasteiger partial charge in [-0.25, -0.2) is 9.98 Å². The maximum Gasteiger partial charge on any atom is 0.159 e. The third-order valence-electron chi connectivity index (χ3n) is 8.95. The van der Waals surface area contributed by atoms with Gasteiger partial charge in [0.2, 0.25) is 0 Å². The molecule has 1 unspecified atom stereocenters. The van der Waals surface area contributed by atoms with E-state index in [0.717, 1.165) is 55.6 Å². The molecule has 9 rings (SSSR count). The van der Waals surface area contributed by atoms with Crippen LogP contribution in [0.4, 0.5) is 0 Å². The summed E-state index contributed by atoms with van der Waals surface area (Å²) in [6, 6.07) is 56.9. The van der Waals surface area contributed by atoms with Crippen molar-refractivity contribution in [3.8, 4) is 22.3 Å². The number of nitrogens with zero attached hydrogens (tertiary/aromatic N) is 2. The molecule has 0 saturated heterocycles. The van der Waals surface area contributed by atoms with Crippen molar-refractivity contribution < 1.29 is 4.42 Å². The number of amidine groups is 2. The number of para-hydroxylation sites is 1. The van der Waals surface area contributed by atoms with Crippen LogP contribution in [-0.2, 0) is 0 Å². The summed E-state index contributed by atoms with van der Waals surface area (Å²) in [6.45, 7) is 0. The van der Waals surface area contributed by atoms with E-state index in [9.17, 15) is 0 Å². The van der Waals surface area contributed by atoms with Crippen LogP contribution in [-0.4, -0.2) is 11.7 Å². The molecule has 1 aliphatic rings. The maximum atomic E-state index is 6.65. The second-order valence-electron chi connectivity index (χ2n) is 11.8. The lowest BCUT2D eigenvalue weighted by atomic mass is 9.95. The molecule has 0 spiro atoms. The molecule has 222 valence electrons. The van der Waals surface area contributed by atoms with Crippen LogP contribution < -0.4 is 5.32 Å². The SMILES string of the molecule is c1ccc(C2=NC(c3ccc(-c4ccc(-c5ccc6ccccc6c5)cc4)c4oc5ccccc5c34)NC(c3ccccc3)=N2)cc1. The third-order valence-corrected chi connectivity index (χ3v) is 8.95. The molecule has 1 atom stereocenters. The smallest absolute Gasteiger partial charge is 0.159 e. The first-order chi connectivity index (χ1) is 23.3. The van der Waals surface area contributed by atoms with Crippen molar-refractivity contribution in [1.82, 2.24) is 5.32 Å². The number of hydrogen-bond acceptors (Lipinski definition) is 4. The van der Waals surface area contributed by atoms with Gasteiger partial charge in [-0.1, -0.05) is 152 Å². The van der Waals surface area contributed by atoms with Crippen molar-refractivity contribution in [1.29, 1.82) is 0 Å². The normalized spacial score (nSPS) is 14.6. The zero-order valence-electron chi connectivity index (χ0n) is 25.5. The van der Waals surface area contributed by atoms with E-state index in [-0.39, 0.29) is 6.17 Å². The first kappa shape index (κ1) is 27.1. The Bertz CT molecular complexity index is 2480. The number of rotatable bonds is 5. The van der Waals surface area contributed by atoms with E-state index < -0.39 is 0 Å². The summed E-state index contributed by atoms with van der Waals surface area (Å²) in [6.07, 6.45) is -0.370. The Labute approximate surface area is 272 Å². The van der Waals surface area contributed by atoms with E-state index in [1.165, 1.54) is 21.9 Å². The molecule has 0 radical (unpaired) electrons. The highest BCUT2D eigenvalue weighted by Gasteiger charge is 2.26. The van der Waals surface area contributed by atoms with Gasteiger partial charge in [-0.15, -0.1) is 0 Å². The van der Waals surface area contributed by atoms with Crippen molar-refractivity contribution >= 4 is 44.4 Å². The van der Waals surface area contributed by atoms with Crippen LogP contribution in [0.3, 0.4) is 0 Å². The number of aliphatic imine (C=N–C) groups is 2. The van der Waals surface area contributed by atoms with Gasteiger partial charge < -0.3 is 9.73 Å². The number of benzene rings is 7. The van der Waals surface area contributed by atoms with Gasteiger partial charge in [-0.05, 0) is 39.6 Å². The zero-order chi connectivity index (χ0) is 31.2. The van der Waals surface area contributed by atoms with Gasteiger partial charge >= 0.3 is 0 Å². The average molecular weight is 604 g/mol. The first-order valence-electron chi connectivity index (χ1n) is 15.9. The van der Waals surface area contributed by atoms with Crippen LogP contribution in [0.15, 0.2) is 178 Å². The Hall–Kier alpha value is -6.26. The fourth-order valence-electron chi connectivity index (χ4n) is 6.59. The third kappa shape index (κ3) is 4.88. The number of fused-ring (bicyclic) bond motifs is 4. The van der Waals surface area contributed by atoms with E-state index in [2.05, 4.69) is 121 Å². The Morgan fingerprint density at radius 1 is 0.511 bits per heavy atom. The lowest BCUT2D eigenvalue weighted by Crippen LogP contribution is -2.33. The van der Waals surface area contributed by atoms with E-state index in [4.69, 9.17) is 14.4 Å². The Kier molecular flexibility index (Phi) is 6.50. The highest BCUT2D eigenvalue weighted by atomic mass is 16.3. The van der Waals surface area contributed by atoms with Crippen molar-refractivity contribution in [3.05, 3.63) is 180 Å². The molecule has 7 aromatic carbocycles. The Morgan fingerprint density at radius 3 is 1.98 bits per heavy atom. The maximum absolute atomic E-state index is 6.65. The van der Waals surface area contributed by atoms with Crippen molar-refractivity contribution in [2.24, 2.45) is 9.98 Å². The highest BCUT2D eigenvalue weighted by Crippen LogP contribution is 2.41. The molecule has 47 heavy (non-hydrogen) atoms. The molecule has 4 heteroatoms. The van der Waals surface area contributed by atoms with E-state index in [1.54, 1.807) is 0 Å². The highest BCUT2D eigenvalue weighted by molar-refractivity contribution is 6.15. The quantitative estimate of drug-likeness (QED) is 0.213. The predicted molar refractivity (Wildman–Crippen MR) is 194 cm³/mol. The molecule has 8 aromatic rings. The lowest BCUT2D eigenvalue weighted by Gasteiger charge is -2.24. The van der Waals surface area contributed by atoms with Crippen LogP contribution in [0.25, 0.3) is 55.0 Å². The van der Waals surface area contributed by atoms with E-state index in [0.29, 0.717) is 5.84 Å². The second-order valence-corrected chi connectivity index (χ2v) is 11.8. The summed E-state index contributed by atoms with van der Waals surface area (Å²) in [7, 11) is 0. The van der Waals surface area contributed by atoms with Gasteiger partial charge in [0.05, 0.1) is 0 Å². The van der Waals surface area contributed by atoms with Crippen LogP contribution in [0.5, 0.6) is 0 Å². The minimum atomic E-state index is -0.370. The fraction of sp³-hybridized carbons (Fsp3) is 0.0233. The largest absolute Gasteiger partial charge is 0.455 e. The summed E-state index contributed by atoms with van der Waals surface area (Å²) < 4.78 is 6.65. The molecular formula is C43H29N3O. The minimum absolute atomic E-state index is 0.370. The summed E-state index contributed by atoms with van der Waals surface area (Å²) in [4.78, 5) is 10.2. The average Bonchev–Trinajstić information content (AvgIpc) is 3.55. The summed E-state index contributed by atoms with van der Waals surface area (Å²) >= 11 is 0. The summed E-state index contributed by atoms with van der Waals surface area (Å²) in [5.74, 6) is 1.49. The fourth-order valence-corrected chi connectivity index (χ4v) is 6.59. The van der Waals surface area contributed by atoms with Crippen LogP contribution in [0.2, 0.25) is 0 Å². The molecule has 1 aliphatic heterocycles. The van der Waals surface area contributed by atoms with Gasteiger partial charge in [0.15, 0.2) is 5.84 Å². The lowest BCUT2D eigenvalue weighted by molar-refractivity contribution is 0.663. The number of furan rings is 1. The Morgan fingerprint density at radius 2 is 1.17 bits per heavy atom. The van der Waals surface area contributed by atoms with Crippen LogP contribution in [0.1, 0.15) is 22.9 Å². The van der Waals surface area contributed by atoms with Gasteiger partial charge in [0, 0.05) is 33.0 Å². The van der Waals surface area contributed by atoms with E-state index >= 15 is 0 Å². The summed E-state index contributed by atoms with van der Waals surface area (Å²) in [5, 5.41) is 8.25. The molecule has 0 aliphatic carbocycles. The standard InChI is InChI=1S/C43H29N3O/c1-3-12-31(13-4-1)41-44-42(32-14-5-2-6-15-32)46-43(45-41)37-26-25-35(40-39(37)36-17-9-10-18-38(36)47-40)30-22-19-29(20-23-30)34-24-21-28-11-7-8-16-33(28)27-34/h1-27,43H,(H,44,45,46). The zero-order valence-corrected chi connectivity index (χ0v) is 25.5. The number of nitrogens with one attached hydrogen (secondary N) is 1. The van der Waals surface area contributed by atoms with Gasteiger partial charge in [-0.2, -0.15) is 0 Å². The van der Waals surface area contributed by atoms with Gasteiger partial charge in [0.25, 0.3) is 0 Å². The molecule has 1 aromatic heterocycles. The van der Waals surface area contributed by atoms with E-state index in [1.807, 2.05) is 48.5 Å². The molecule has 0 fully saturated rings. The molecule has 0 bridgehead atoms. The minimum Gasteiger partial charge on any atom is -0.455 e. The topological polar surface area (TPSA) is 49.9 Å². The first-order valence-corrected chi connectivity index (χ1v) is 15.9. The molecule has 2 heterocycles. The van der Waals surface area contributed by atoms with Gasteiger partial charge in [-0.3, -0.25) is 0 Å².